The second-order valence-corrected chi connectivity index (χ2v) is 11.4. The second-order valence-electron chi connectivity index (χ2n) is 11.4. The fourth-order valence-electron chi connectivity index (χ4n) is 3.71. The predicted molar refractivity (Wildman–Crippen MR) is 150 cm³/mol. The summed E-state index contributed by atoms with van der Waals surface area (Å²) < 4.78 is 10.5. The molecule has 0 unspecified atom stereocenters. The van der Waals surface area contributed by atoms with Crippen LogP contribution in [0.15, 0.2) is 0 Å². The van der Waals surface area contributed by atoms with Crippen molar-refractivity contribution in [2.45, 2.75) is 169 Å². The van der Waals surface area contributed by atoms with E-state index in [9.17, 15) is 14.4 Å². The van der Waals surface area contributed by atoms with Gasteiger partial charge < -0.3 is 14.8 Å². The Morgan fingerprint density at radius 3 is 1.17 bits per heavy atom. The van der Waals surface area contributed by atoms with E-state index in [1.165, 1.54) is 64.2 Å². The number of carbonyl (C=O) groups excluding carboxylic acids is 3. The van der Waals surface area contributed by atoms with Crippen LogP contribution < -0.4 is 5.32 Å². The number of unbranched alkanes of at least 4 members (excludes halogenated alkanes) is 13. The van der Waals surface area contributed by atoms with Crippen molar-refractivity contribution in [3.05, 3.63) is 0 Å². The summed E-state index contributed by atoms with van der Waals surface area (Å²) in [7, 11) is 0. The van der Waals surface area contributed by atoms with Crippen molar-refractivity contribution < 1.29 is 23.9 Å². The molecule has 1 N–H and O–H groups in total. The van der Waals surface area contributed by atoms with Crippen LogP contribution in [0.25, 0.3) is 0 Å². The molecule has 0 saturated heterocycles. The fraction of sp³-hybridized carbons (Fsp3) is 0.900. The van der Waals surface area contributed by atoms with Crippen molar-refractivity contribution in [2.24, 2.45) is 0 Å². The Bertz CT molecular complexity index is 561. The van der Waals surface area contributed by atoms with Gasteiger partial charge in [0.2, 0.25) is 5.91 Å². The lowest BCUT2D eigenvalue weighted by Gasteiger charge is -2.19. The average molecular weight is 514 g/mol. The molecule has 0 aliphatic heterocycles. The number of hydrogen-bond acceptors (Lipinski definition) is 5. The van der Waals surface area contributed by atoms with E-state index in [0.29, 0.717) is 12.8 Å². The Kier molecular flexibility index (Phi) is 23.0. The predicted octanol–water partition coefficient (Wildman–Crippen LogP) is 8.05. The molecule has 0 aromatic rings. The van der Waals surface area contributed by atoms with Crippen LogP contribution >= 0.6 is 0 Å². The van der Waals surface area contributed by atoms with Gasteiger partial charge in [-0.05, 0) is 54.4 Å². The lowest BCUT2D eigenvalue weighted by Crippen LogP contribution is -2.34. The zero-order chi connectivity index (χ0) is 27.9. The Morgan fingerprint density at radius 1 is 0.500 bits per heavy atom. The Morgan fingerprint density at radius 2 is 0.806 bits per heavy atom. The van der Waals surface area contributed by atoms with E-state index >= 15 is 0 Å². The molecule has 0 atom stereocenters. The number of esters is 2. The third-order valence-corrected chi connectivity index (χ3v) is 5.30. The molecule has 0 saturated carbocycles. The van der Waals surface area contributed by atoms with Crippen molar-refractivity contribution >= 4 is 17.8 Å². The topological polar surface area (TPSA) is 81.7 Å². The van der Waals surface area contributed by atoms with Crippen LogP contribution in [-0.2, 0) is 23.9 Å². The first-order chi connectivity index (χ1) is 16.9. The second kappa shape index (κ2) is 22.6. The normalized spacial score (nSPS) is 11.3. The Balaban J connectivity index is 0. The number of amides is 1. The summed E-state index contributed by atoms with van der Waals surface area (Å²) in [5.41, 5.74) is -0.895. The number of ether oxygens (including phenoxy) is 2. The Labute approximate surface area is 223 Å². The summed E-state index contributed by atoms with van der Waals surface area (Å²) in [6, 6.07) is 0. The van der Waals surface area contributed by atoms with Crippen LogP contribution in [0.2, 0.25) is 0 Å². The van der Waals surface area contributed by atoms with Crippen LogP contribution in [0, 0.1) is 0 Å². The quantitative estimate of drug-likeness (QED) is 0.139. The summed E-state index contributed by atoms with van der Waals surface area (Å²) in [6.45, 7) is 15.1. The maximum atomic E-state index is 11.8. The molecule has 0 radical (unpaired) electrons. The molecular weight excluding hydrogens is 454 g/mol. The molecule has 0 spiro atoms. The lowest BCUT2D eigenvalue weighted by atomic mass is 10.0. The maximum absolute atomic E-state index is 11.8. The molecule has 214 valence electrons. The third-order valence-electron chi connectivity index (χ3n) is 5.30. The molecule has 6 nitrogen and oxygen atoms in total. The van der Waals surface area contributed by atoms with Gasteiger partial charge in [0.15, 0.2) is 0 Å². The molecule has 0 aromatic carbocycles. The highest BCUT2D eigenvalue weighted by Crippen LogP contribution is 2.15. The molecule has 0 fully saturated rings. The van der Waals surface area contributed by atoms with Gasteiger partial charge in [0.05, 0.1) is 0 Å². The first-order valence-corrected chi connectivity index (χ1v) is 14.6. The largest absolute Gasteiger partial charge is 0.460 e. The first-order valence-electron chi connectivity index (χ1n) is 14.6. The maximum Gasteiger partial charge on any atom is 0.325 e. The van der Waals surface area contributed by atoms with Crippen molar-refractivity contribution in [3.8, 4) is 0 Å². The van der Waals surface area contributed by atoms with E-state index < -0.39 is 11.6 Å². The smallest absolute Gasteiger partial charge is 0.325 e. The van der Waals surface area contributed by atoms with Gasteiger partial charge in [-0.3, -0.25) is 14.4 Å². The minimum absolute atomic E-state index is 0.0514. The van der Waals surface area contributed by atoms with Crippen LogP contribution in [0.5, 0.6) is 0 Å². The third kappa shape index (κ3) is 30.4. The van der Waals surface area contributed by atoms with Crippen LogP contribution in [0.3, 0.4) is 0 Å². The van der Waals surface area contributed by atoms with Gasteiger partial charge in [0.1, 0.15) is 17.7 Å². The zero-order valence-corrected chi connectivity index (χ0v) is 25.1. The SMILES string of the molecule is CC.CC(C)(C)OC(=O)CCCCCCCCCCCCCCCCC(=O)NCC(=O)OC(C)(C)C. The van der Waals surface area contributed by atoms with Crippen LogP contribution in [0.4, 0.5) is 0 Å². The summed E-state index contributed by atoms with van der Waals surface area (Å²) in [5, 5.41) is 2.63. The number of rotatable bonds is 19. The minimum atomic E-state index is -0.520. The number of carbonyl (C=O) groups is 3. The van der Waals surface area contributed by atoms with Gasteiger partial charge in [-0.15, -0.1) is 0 Å². The van der Waals surface area contributed by atoms with Crippen molar-refractivity contribution in [1.29, 1.82) is 0 Å². The molecule has 36 heavy (non-hydrogen) atoms. The molecule has 0 rings (SSSR count). The lowest BCUT2D eigenvalue weighted by molar-refractivity contribution is -0.155. The van der Waals surface area contributed by atoms with Gasteiger partial charge in [0.25, 0.3) is 0 Å². The van der Waals surface area contributed by atoms with E-state index in [1.807, 2.05) is 55.4 Å². The summed E-state index contributed by atoms with van der Waals surface area (Å²) >= 11 is 0. The first kappa shape index (κ1) is 36.6. The van der Waals surface area contributed by atoms with Gasteiger partial charge in [0, 0.05) is 12.8 Å². The standard InChI is InChI=1S/C28H53NO5.C2H6/c1-27(2,3)33-25(31)22-20-18-16-14-12-10-8-7-9-11-13-15-17-19-21-24(30)29-23-26(32)34-28(4,5)6;1-2/h7-23H2,1-6H3,(H,29,30);1-2H3. The summed E-state index contributed by atoms with van der Waals surface area (Å²) in [6.07, 6.45) is 17.7. The molecule has 0 aliphatic carbocycles. The highest BCUT2D eigenvalue weighted by Gasteiger charge is 2.17. The van der Waals surface area contributed by atoms with E-state index in [2.05, 4.69) is 5.32 Å². The van der Waals surface area contributed by atoms with E-state index in [4.69, 9.17) is 9.47 Å². The molecule has 0 bridgehead atoms. The van der Waals surface area contributed by atoms with Crippen molar-refractivity contribution in [1.82, 2.24) is 5.32 Å². The van der Waals surface area contributed by atoms with Crippen LogP contribution in [-0.4, -0.2) is 35.6 Å². The molecule has 1 amide bonds. The average Bonchev–Trinajstić information content (AvgIpc) is 2.76. The molecule has 0 aromatic heterocycles. The minimum Gasteiger partial charge on any atom is -0.460 e. The number of nitrogens with one attached hydrogen (secondary N) is 1. The van der Waals surface area contributed by atoms with E-state index in [1.54, 1.807) is 0 Å². The fourth-order valence-corrected chi connectivity index (χ4v) is 3.71. The van der Waals surface area contributed by atoms with Gasteiger partial charge in [-0.1, -0.05) is 90.9 Å². The highest BCUT2D eigenvalue weighted by molar-refractivity contribution is 5.81. The zero-order valence-electron chi connectivity index (χ0n) is 25.1. The van der Waals surface area contributed by atoms with Gasteiger partial charge in [-0.2, -0.15) is 0 Å². The summed E-state index contributed by atoms with van der Waals surface area (Å²) in [5.74, 6) is -0.543. The number of hydrogen-bond donors (Lipinski definition) is 1. The molecule has 0 aliphatic rings. The van der Waals surface area contributed by atoms with E-state index in [0.717, 1.165) is 25.7 Å². The molecular formula is C30H59NO5. The van der Waals surface area contributed by atoms with Crippen molar-refractivity contribution in [2.75, 3.05) is 6.54 Å². The Hall–Kier alpha value is -1.59. The molecule has 6 heteroatoms. The van der Waals surface area contributed by atoms with Gasteiger partial charge in [-0.25, -0.2) is 0 Å². The summed E-state index contributed by atoms with van der Waals surface area (Å²) in [4.78, 5) is 35.0. The van der Waals surface area contributed by atoms with Crippen LogP contribution in [0.1, 0.15) is 158 Å². The monoisotopic (exact) mass is 513 g/mol. The van der Waals surface area contributed by atoms with E-state index in [-0.39, 0.29) is 24.0 Å². The molecule has 0 heterocycles. The highest BCUT2D eigenvalue weighted by atomic mass is 16.6. The van der Waals surface area contributed by atoms with Crippen molar-refractivity contribution in [3.63, 3.8) is 0 Å². The van der Waals surface area contributed by atoms with Gasteiger partial charge >= 0.3 is 11.9 Å².